The number of carbonyl (C=O) groups is 1. The highest BCUT2D eigenvalue weighted by molar-refractivity contribution is 5.89. The number of nitrogens with zero attached hydrogens (tertiary/aromatic N) is 2. The van der Waals surface area contributed by atoms with E-state index in [-0.39, 0.29) is 12.1 Å². The van der Waals surface area contributed by atoms with Gasteiger partial charge in [-0.3, -0.25) is 4.90 Å². The van der Waals surface area contributed by atoms with Gasteiger partial charge >= 0.3 is 6.03 Å². The van der Waals surface area contributed by atoms with E-state index in [1.807, 2.05) is 30.3 Å². The number of likely N-dealkylation sites (tertiary alicyclic amines) is 1. The summed E-state index contributed by atoms with van der Waals surface area (Å²) in [6, 6.07) is 10.3. The third kappa shape index (κ3) is 7.59. The number of urea groups is 1. The van der Waals surface area contributed by atoms with Gasteiger partial charge in [0.25, 0.3) is 0 Å². The summed E-state index contributed by atoms with van der Waals surface area (Å²) in [7, 11) is 1.75. The van der Waals surface area contributed by atoms with Crippen LogP contribution in [-0.2, 0) is 4.74 Å². The molecule has 1 aromatic rings. The minimum atomic E-state index is -0.00784. The van der Waals surface area contributed by atoms with Gasteiger partial charge in [0.15, 0.2) is 0 Å². The first kappa shape index (κ1) is 26.7. The number of nitrogens with one attached hydrogen (secondary N) is 1. The number of amides is 2. The Morgan fingerprint density at radius 3 is 2.61 bits per heavy atom. The zero-order valence-corrected chi connectivity index (χ0v) is 22.2. The van der Waals surface area contributed by atoms with Gasteiger partial charge in [-0.2, -0.15) is 0 Å². The van der Waals surface area contributed by atoms with Crippen LogP contribution >= 0.6 is 0 Å². The monoisotopic (exact) mass is 494 g/mol. The van der Waals surface area contributed by atoms with Gasteiger partial charge in [-0.05, 0) is 62.8 Å². The van der Waals surface area contributed by atoms with Gasteiger partial charge in [0, 0.05) is 43.8 Å². The van der Waals surface area contributed by atoms with Crippen LogP contribution in [-0.4, -0.2) is 61.2 Å². The van der Waals surface area contributed by atoms with E-state index in [0.29, 0.717) is 18.5 Å². The number of rotatable bonds is 11. The SMILES string of the molecule is COC1=CC=C(CCN2CCC[C@@H]2CN(C(=O)Nc2ccccc2)[C@@H](CN)CC2CCCCC2)CC1. The summed E-state index contributed by atoms with van der Waals surface area (Å²) in [4.78, 5) is 18.3. The van der Waals surface area contributed by atoms with Gasteiger partial charge < -0.3 is 20.7 Å². The van der Waals surface area contributed by atoms with Crippen LogP contribution in [0.15, 0.2) is 53.8 Å². The maximum absolute atomic E-state index is 13.6. The van der Waals surface area contributed by atoms with E-state index in [9.17, 15) is 4.79 Å². The molecule has 3 aliphatic rings. The number of nitrogens with two attached hydrogens (primary N) is 1. The average molecular weight is 495 g/mol. The molecule has 2 amide bonds. The molecule has 4 rings (SSSR count). The Balaban J connectivity index is 1.42. The lowest BCUT2D eigenvalue weighted by atomic mass is 9.84. The molecule has 1 saturated heterocycles. The predicted octanol–water partition coefficient (Wildman–Crippen LogP) is 5.92. The molecular formula is C30H46N4O2. The Morgan fingerprint density at radius 2 is 1.92 bits per heavy atom. The van der Waals surface area contributed by atoms with Crippen LogP contribution in [0.2, 0.25) is 0 Å². The second kappa shape index (κ2) is 13.8. The number of carbonyl (C=O) groups excluding carboxylic acids is 1. The van der Waals surface area contributed by atoms with Crippen molar-refractivity contribution in [3.8, 4) is 0 Å². The fraction of sp³-hybridized carbons (Fsp3) is 0.633. The van der Waals surface area contributed by atoms with Crippen LogP contribution in [0.25, 0.3) is 0 Å². The van der Waals surface area contributed by atoms with Crippen LogP contribution < -0.4 is 11.1 Å². The standard InChI is InChI=1S/C30H46N4O2/c1-36-29-16-14-24(15-17-29)18-20-33-19-8-13-27(33)23-34(30(35)32-26-11-6-3-7-12-26)28(22-31)21-25-9-4-2-5-10-25/h3,6-7,11-12,14,16,25,27-28H,2,4-5,8-10,13,15,17-23,31H2,1H3,(H,32,35)/t27-,28-/m1/s1. The van der Waals surface area contributed by atoms with Crippen molar-refractivity contribution in [1.82, 2.24) is 9.80 Å². The summed E-state index contributed by atoms with van der Waals surface area (Å²) in [6.45, 7) is 3.43. The lowest BCUT2D eigenvalue weighted by molar-refractivity contribution is 0.136. The van der Waals surface area contributed by atoms with Crippen molar-refractivity contribution in [3.05, 3.63) is 53.8 Å². The molecule has 2 aliphatic carbocycles. The Kier molecular flexibility index (Phi) is 10.3. The van der Waals surface area contributed by atoms with Crippen molar-refractivity contribution in [1.29, 1.82) is 0 Å². The van der Waals surface area contributed by atoms with E-state index < -0.39 is 0 Å². The molecule has 36 heavy (non-hydrogen) atoms. The zero-order valence-electron chi connectivity index (χ0n) is 22.2. The normalized spacial score (nSPS) is 22.0. The topological polar surface area (TPSA) is 70.8 Å². The molecule has 3 N–H and O–H groups in total. The Morgan fingerprint density at radius 1 is 1.11 bits per heavy atom. The first-order chi connectivity index (χ1) is 17.7. The molecule has 6 heteroatoms. The fourth-order valence-electron chi connectivity index (χ4n) is 6.22. The second-order valence-corrected chi connectivity index (χ2v) is 10.8. The number of para-hydroxylation sites is 1. The minimum absolute atomic E-state index is 0.00784. The highest BCUT2D eigenvalue weighted by Gasteiger charge is 2.32. The lowest BCUT2D eigenvalue weighted by Crippen LogP contribution is -2.52. The molecule has 2 fully saturated rings. The Hall–Kier alpha value is -2.31. The third-order valence-electron chi connectivity index (χ3n) is 8.42. The quantitative estimate of drug-likeness (QED) is 0.400. The van der Waals surface area contributed by atoms with Crippen LogP contribution in [0.4, 0.5) is 10.5 Å². The molecule has 1 saturated carbocycles. The smallest absolute Gasteiger partial charge is 0.322 e. The molecule has 0 unspecified atom stereocenters. The van der Waals surface area contributed by atoms with Crippen LogP contribution in [0, 0.1) is 5.92 Å². The van der Waals surface area contributed by atoms with Gasteiger partial charge in [0.05, 0.1) is 12.9 Å². The van der Waals surface area contributed by atoms with E-state index in [1.165, 1.54) is 44.1 Å². The molecule has 0 aromatic heterocycles. The largest absolute Gasteiger partial charge is 0.501 e. The van der Waals surface area contributed by atoms with Crippen LogP contribution in [0.5, 0.6) is 0 Å². The van der Waals surface area contributed by atoms with E-state index in [4.69, 9.17) is 10.5 Å². The molecule has 1 aliphatic heterocycles. The highest BCUT2D eigenvalue weighted by Crippen LogP contribution is 2.30. The summed E-state index contributed by atoms with van der Waals surface area (Å²) >= 11 is 0. The summed E-state index contributed by atoms with van der Waals surface area (Å²) in [5.74, 6) is 1.76. The number of hydrogen-bond donors (Lipinski definition) is 2. The average Bonchev–Trinajstić information content (AvgIpc) is 3.37. The van der Waals surface area contributed by atoms with Gasteiger partial charge in [-0.1, -0.05) is 62.0 Å². The summed E-state index contributed by atoms with van der Waals surface area (Å²) in [6.07, 6.45) is 17.4. The summed E-state index contributed by atoms with van der Waals surface area (Å²) in [5, 5.41) is 3.16. The number of anilines is 1. The van der Waals surface area contributed by atoms with Crippen molar-refractivity contribution in [2.24, 2.45) is 11.7 Å². The number of ether oxygens (including phenoxy) is 1. The number of allylic oxidation sites excluding steroid dienone is 3. The number of hydrogen-bond acceptors (Lipinski definition) is 4. The molecule has 0 bridgehead atoms. The van der Waals surface area contributed by atoms with Crippen molar-refractivity contribution in [2.75, 3.05) is 38.6 Å². The maximum Gasteiger partial charge on any atom is 0.322 e. The highest BCUT2D eigenvalue weighted by atomic mass is 16.5. The van der Waals surface area contributed by atoms with Crippen molar-refractivity contribution >= 4 is 11.7 Å². The first-order valence-corrected chi connectivity index (χ1v) is 14.2. The van der Waals surface area contributed by atoms with Gasteiger partial charge in [0.2, 0.25) is 0 Å². The van der Waals surface area contributed by atoms with E-state index in [0.717, 1.165) is 63.2 Å². The van der Waals surface area contributed by atoms with Crippen LogP contribution in [0.1, 0.15) is 70.6 Å². The maximum atomic E-state index is 13.6. The molecular weight excluding hydrogens is 448 g/mol. The van der Waals surface area contributed by atoms with Crippen molar-refractivity contribution < 1.29 is 9.53 Å². The van der Waals surface area contributed by atoms with Crippen LogP contribution in [0.3, 0.4) is 0 Å². The van der Waals surface area contributed by atoms with E-state index in [2.05, 4.69) is 27.3 Å². The number of benzene rings is 1. The van der Waals surface area contributed by atoms with Crippen molar-refractivity contribution in [3.63, 3.8) is 0 Å². The first-order valence-electron chi connectivity index (χ1n) is 14.2. The molecule has 0 spiro atoms. The second-order valence-electron chi connectivity index (χ2n) is 10.8. The molecule has 0 radical (unpaired) electrons. The molecule has 2 atom stereocenters. The van der Waals surface area contributed by atoms with Gasteiger partial charge in [-0.15, -0.1) is 0 Å². The molecule has 6 nitrogen and oxygen atoms in total. The van der Waals surface area contributed by atoms with Gasteiger partial charge in [-0.25, -0.2) is 4.79 Å². The minimum Gasteiger partial charge on any atom is -0.501 e. The number of methoxy groups -OCH3 is 1. The summed E-state index contributed by atoms with van der Waals surface area (Å²) in [5.41, 5.74) is 8.69. The molecule has 1 aromatic carbocycles. The predicted molar refractivity (Wildman–Crippen MR) is 148 cm³/mol. The fourth-order valence-corrected chi connectivity index (χ4v) is 6.22. The lowest BCUT2D eigenvalue weighted by Gasteiger charge is -2.38. The Labute approximate surface area is 217 Å². The third-order valence-corrected chi connectivity index (χ3v) is 8.42. The Bertz CT molecular complexity index is 878. The van der Waals surface area contributed by atoms with Crippen molar-refractivity contribution in [2.45, 2.75) is 82.7 Å². The van der Waals surface area contributed by atoms with E-state index in [1.54, 1.807) is 7.11 Å². The van der Waals surface area contributed by atoms with E-state index >= 15 is 0 Å². The van der Waals surface area contributed by atoms with Gasteiger partial charge in [0.1, 0.15) is 0 Å². The zero-order chi connectivity index (χ0) is 25.2. The molecule has 198 valence electrons. The summed E-state index contributed by atoms with van der Waals surface area (Å²) < 4.78 is 5.38. The molecule has 1 heterocycles.